The van der Waals surface area contributed by atoms with Crippen molar-refractivity contribution in [3.05, 3.63) is 47.6 Å². The van der Waals surface area contributed by atoms with E-state index < -0.39 is 23.8 Å². The molecule has 0 saturated carbocycles. The number of aliphatic carboxylic acids is 2. The minimum Gasteiger partial charge on any atom is -0.481 e. The molecule has 0 bridgehead atoms. The second-order valence-electron chi connectivity index (χ2n) is 4.82. The van der Waals surface area contributed by atoms with Gasteiger partial charge in [-0.1, -0.05) is 6.08 Å². The van der Waals surface area contributed by atoms with Gasteiger partial charge < -0.3 is 21.3 Å². The van der Waals surface area contributed by atoms with E-state index >= 15 is 0 Å². The lowest BCUT2D eigenvalue weighted by Gasteiger charge is -2.17. The van der Waals surface area contributed by atoms with Gasteiger partial charge in [-0.3, -0.25) is 9.59 Å². The van der Waals surface area contributed by atoms with Crippen LogP contribution in [0, 0.1) is 5.92 Å². The molecule has 7 heteroatoms. The van der Waals surface area contributed by atoms with Crippen molar-refractivity contribution in [3.63, 3.8) is 0 Å². The predicted octanol–water partition coefficient (Wildman–Crippen LogP) is 1.25. The van der Waals surface area contributed by atoms with E-state index in [4.69, 9.17) is 15.9 Å². The average molecular weight is 302 g/mol. The quantitative estimate of drug-likeness (QED) is 0.619. The SMILES string of the molecule is Nc1ccc(NC(=O)C2=CC(C(=O)O)=CC(C(=O)O)C2)cc1. The molecule has 1 atom stereocenters. The van der Waals surface area contributed by atoms with Crippen LogP contribution in [0.15, 0.2) is 47.6 Å². The number of carboxylic acids is 2. The van der Waals surface area contributed by atoms with Crippen molar-refractivity contribution in [1.29, 1.82) is 0 Å². The first-order valence-corrected chi connectivity index (χ1v) is 6.42. The molecule has 7 nitrogen and oxygen atoms in total. The Morgan fingerprint density at radius 2 is 1.77 bits per heavy atom. The second-order valence-corrected chi connectivity index (χ2v) is 4.82. The Bertz CT molecular complexity index is 688. The van der Waals surface area contributed by atoms with E-state index in [0.29, 0.717) is 11.4 Å². The van der Waals surface area contributed by atoms with Crippen LogP contribution in [-0.4, -0.2) is 28.1 Å². The number of benzene rings is 1. The second kappa shape index (κ2) is 6.13. The molecular formula is C15H14N2O5. The van der Waals surface area contributed by atoms with Crippen molar-refractivity contribution in [3.8, 4) is 0 Å². The standard InChI is InChI=1S/C15H14N2O5/c16-11-1-3-12(4-2-11)17-13(18)8-5-9(14(19)20)7-10(6-8)15(21)22/h1-5,7,10H,6,16H2,(H,17,18)(H,19,20)(H,21,22). The van der Waals surface area contributed by atoms with E-state index in [0.717, 1.165) is 6.08 Å². The van der Waals surface area contributed by atoms with E-state index in [-0.39, 0.29) is 17.6 Å². The normalized spacial score (nSPS) is 17.2. The Balaban J connectivity index is 2.21. The number of carbonyl (C=O) groups is 3. The molecule has 1 aliphatic carbocycles. The van der Waals surface area contributed by atoms with E-state index in [1.807, 2.05) is 0 Å². The van der Waals surface area contributed by atoms with Gasteiger partial charge in [0.05, 0.1) is 11.5 Å². The van der Waals surface area contributed by atoms with E-state index in [1.54, 1.807) is 24.3 Å². The van der Waals surface area contributed by atoms with Gasteiger partial charge in [-0.05, 0) is 36.8 Å². The predicted molar refractivity (Wildman–Crippen MR) is 79.0 cm³/mol. The highest BCUT2D eigenvalue weighted by Gasteiger charge is 2.27. The zero-order chi connectivity index (χ0) is 16.3. The Hall–Kier alpha value is -3.09. The number of hydrogen-bond acceptors (Lipinski definition) is 4. The maximum absolute atomic E-state index is 12.2. The number of carbonyl (C=O) groups excluding carboxylic acids is 1. The molecule has 0 radical (unpaired) electrons. The number of nitrogens with one attached hydrogen (secondary N) is 1. The van der Waals surface area contributed by atoms with Crippen molar-refractivity contribution in [2.24, 2.45) is 5.92 Å². The molecule has 1 aliphatic rings. The van der Waals surface area contributed by atoms with Crippen LogP contribution in [0.2, 0.25) is 0 Å². The molecule has 1 aromatic carbocycles. The van der Waals surface area contributed by atoms with Crippen LogP contribution < -0.4 is 11.1 Å². The minimum absolute atomic E-state index is 0.0626. The summed E-state index contributed by atoms with van der Waals surface area (Å²) in [5.74, 6) is -4.03. The van der Waals surface area contributed by atoms with Gasteiger partial charge in [0.15, 0.2) is 0 Å². The minimum atomic E-state index is -1.27. The molecule has 0 fully saturated rings. The molecule has 2 rings (SSSR count). The summed E-state index contributed by atoms with van der Waals surface area (Å²) in [6, 6.07) is 6.40. The molecule has 1 amide bonds. The fourth-order valence-electron chi connectivity index (χ4n) is 2.04. The van der Waals surface area contributed by atoms with Crippen LogP contribution in [0.25, 0.3) is 0 Å². The monoisotopic (exact) mass is 302 g/mol. The van der Waals surface area contributed by atoms with Crippen LogP contribution in [0.1, 0.15) is 6.42 Å². The smallest absolute Gasteiger partial charge is 0.335 e. The van der Waals surface area contributed by atoms with Crippen LogP contribution in [0.3, 0.4) is 0 Å². The van der Waals surface area contributed by atoms with Crippen LogP contribution in [0.5, 0.6) is 0 Å². The van der Waals surface area contributed by atoms with Gasteiger partial charge >= 0.3 is 11.9 Å². The van der Waals surface area contributed by atoms with E-state index in [2.05, 4.69) is 5.32 Å². The zero-order valence-electron chi connectivity index (χ0n) is 11.4. The van der Waals surface area contributed by atoms with Gasteiger partial charge in [-0.25, -0.2) is 4.79 Å². The van der Waals surface area contributed by atoms with Crippen molar-refractivity contribution >= 4 is 29.2 Å². The van der Waals surface area contributed by atoms with E-state index in [1.165, 1.54) is 6.08 Å². The lowest BCUT2D eigenvalue weighted by atomic mass is 9.90. The van der Waals surface area contributed by atoms with Crippen LogP contribution >= 0.6 is 0 Å². The summed E-state index contributed by atoms with van der Waals surface area (Å²) in [6.07, 6.45) is 2.26. The third-order valence-corrected chi connectivity index (χ3v) is 3.17. The molecule has 0 aromatic heterocycles. The lowest BCUT2D eigenvalue weighted by Crippen LogP contribution is -2.23. The van der Waals surface area contributed by atoms with Crippen molar-refractivity contribution < 1.29 is 24.6 Å². The Kier molecular flexibility index (Phi) is 4.26. The highest BCUT2D eigenvalue weighted by Crippen LogP contribution is 2.24. The molecule has 22 heavy (non-hydrogen) atoms. The lowest BCUT2D eigenvalue weighted by molar-refractivity contribution is -0.140. The molecule has 0 saturated heterocycles. The van der Waals surface area contributed by atoms with Gasteiger partial charge in [-0.2, -0.15) is 0 Å². The average Bonchev–Trinajstić information content (AvgIpc) is 2.49. The Labute approximate surface area is 125 Å². The topological polar surface area (TPSA) is 130 Å². The number of nitrogen functional groups attached to an aromatic ring is 1. The largest absolute Gasteiger partial charge is 0.481 e. The summed E-state index contributed by atoms with van der Waals surface area (Å²) in [7, 11) is 0. The molecule has 0 heterocycles. The summed E-state index contributed by atoms with van der Waals surface area (Å²) in [5.41, 5.74) is 6.46. The zero-order valence-corrected chi connectivity index (χ0v) is 11.4. The van der Waals surface area contributed by atoms with Crippen molar-refractivity contribution in [1.82, 2.24) is 0 Å². The number of nitrogens with two attached hydrogens (primary N) is 1. The van der Waals surface area contributed by atoms with Crippen molar-refractivity contribution in [2.75, 3.05) is 11.1 Å². The molecule has 1 unspecified atom stereocenters. The number of amides is 1. The molecule has 114 valence electrons. The molecule has 0 spiro atoms. The maximum atomic E-state index is 12.2. The van der Waals surface area contributed by atoms with Gasteiger partial charge in [-0.15, -0.1) is 0 Å². The summed E-state index contributed by atoms with van der Waals surface area (Å²) in [6.45, 7) is 0. The summed E-state index contributed by atoms with van der Waals surface area (Å²) in [5, 5.41) is 20.6. The summed E-state index contributed by atoms with van der Waals surface area (Å²) >= 11 is 0. The molecule has 0 aliphatic heterocycles. The Morgan fingerprint density at radius 1 is 1.14 bits per heavy atom. The van der Waals surface area contributed by atoms with Gasteiger partial charge in [0.25, 0.3) is 5.91 Å². The number of carboxylic acid groups (broad SMARTS) is 2. The maximum Gasteiger partial charge on any atom is 0.335 e. The first kappa shape index (κ1) is 15.3. The van der Waals surface area contributed by atoms with Gasteiger partial charge in [0, 0.05) is 16.9 Å². The first-order chi connectivity index (χ1) is 10.4. The van der Waals surface area contributed by atoms with Crippen molar-refractivity contribution in [2.45, 2.75) is 6.42 Å². The highest BCUT2D eigenvalue weighted by molar-refractivity contribution is 6.06. The van der Waals surface area contributed by atoms with Crippen LogP contribution in [-0.2, 0) is 14.4 Å². The van der Waals surface area contributed by atoms with Gasteiger partial charge in [0.2, 0.25) is 0 Å². The summed E-state index contributed by atoms with van der Waals surface area (Å²) in [4.78, 5) is 34.3. The molecule has 5 N–H and O–H groups in total. The third kappa shape index (κ3) is 3.51. The fourth-order valence-corrected chi connectivity index (χ4v) is 2.04. The van der Waals surface area contributed by atoms with Gasteiger partial charge in [0.1, 0.15) is 0 Å². The number of hydrogen-bond donors (Lipinski definition) is 4. The summed E-state index contributed by atoms with van der Waals surface area (Å²) < 4.78 is 0. The third-order valence-electron chi connectivity index (χ3n) is 3.17. The molecule has 1 aromatic rings. The number of rotatable bonds is 4. The first-order valence-electron chi connectivity index (χ1n) is 6.42. The molecular weight excluding hydrogens is 288 g/mol. The number of anilines is 2. The van der Waals surface area contributed by atoms with E-state index in [9.17, 15) is 14.4 Å². The van der Waals surface area contributed by atoms with Crippen LogP contribution in [0.4, 0.5) is 11.4 Å². The Morgan fingerprint density at radius 3 is 2.32 bits per heavy atom. The fraction of sp³-hybridized carbons (Fsp3) is 0.133. The highest BCUT2D eigenvalue weighted by atomic mass is 16.4.